The van der Waals surface area contributed by atoms with Crippen LogP contribution in [-0.2, 0) is 34.3 Å². The minimum Gasteiger partial charge on any atom is -0.388 e. The number of benzene rings is 2. The minimum absolute atomic E-state index is 0.126. The van der Waals surface area contributed by atoms with Crippen LogP contribution in [-0.4, -0.2) is 28.6 Å². The van der Waals surface area contributed by atoms with E-state index in [1.54, 1.807) is 18.2 Å². The van der Waals surface area contributed by atoms with Crippen LogP contribution in [0.5, 0.6) is 0 Å². The van der Waals surface area contributed by atoms with Gasteiger partial charge in [-0.3, -0.25) is 0 Å². The van der Waals surface area contributed by atoms with E-state index in [1.807, 2.05) is 6.07 Å². The number of aromatic amines is 1. The van der Waals surface area contributed by atoms with Gasteiger partial charge in [0, 0.05) is 27.5 Å². The van der Waals surface area contributed by atoms with Gasteiger partial charge in [-0.05, 0) is 48.7 Å². The molecule has 10 heteroatoms. The van der Waals surface area contributed by atoms with Crippen molar-refractivity contribution in [3.63, 3.8) is 0 Å². The Hall–Kier alpha value is -2.75. The summed E-state index contributed by atoms with van der Waals surface area (Å²) in [5.41, 5.74) is 2.41. The van der Waals surface area contributed by atoms with Crippen molar-refractivity contribution < 1.29 is 22.4 Å². The smallest absolute Gasteiger partial charge is 0.295 e. The average molecular weight is 462 g/mol. The van der Waals surface area contributed by atoms with Gasteiger partial charge in [0.15, 0.2) is 5.82 Å². The van der Waals surface area contributed by atoms with Crippen molar-refractivity contribution in [3.8, 4) is 0 Å². The van der Waals surface area contributed by atoms with Crippen molar-refractivity contribution in [1.29, 1.82) is 0 Å². The van der Waals surface area contributed by atoms with Crippen molar-refractivity contribution in [3.05, 3.63) is 76.5 Å². The largest absolute Gasteiger partial charge is 0.388 e. The molecule has 2 heterocycles. The highest BCUT2D eigenvalue weighted by Crippen LogP contribution is 2.49. The maximum atomic E-state index is 16.9. The van der Waals surface area contributed by atoms with Gasteiger partial charge in [0.2, 0.25) is 9.84 Å². The molecule has 1 aliphatic carbocycles. The fourth-order valence-corrected chi connectivity index (χ4v) is 6.20. The van der Waals surface area contributed by atoms with Crippen LogP contribution in [0.4, 0.5) is 4.39 Å². The first-order valence-electron chi connectivity index (χ1n) is 9.56. The van der Waals surface area contributed by atoms with Crippen LogP contribution in [0.3, 0.4) is 0 Å². The van der Waals surface area contributed by atoms with Gasteiger partial charge in [-0.25, -0.2) is 12.8 Å². The number of nitrogens with one attached hydrogen (secondary N) is 1. The Morgan fingerprint density at radius 2 is 2.00 bits per heavy atom. The summed E-state index contributed by atoms with van der Waals surface area (Å²) in [6.07, 6.45) is 0.260. The second kappa shape index (κ2) is 7.15. The van der Waals surface area contributed by atoms with Crippen LogP contribution in [0.1, 0.15) is 23.0 Å². The topological polar surface area (TPSA) is 109 Å². The number of halogens is 2. The van der Waals surface area contributed by atoms with Crippen molar-refractivity contribution in [2.24, 2.45) is 5.92 Å². The molecule has 2 atom stereocenters. The molecule has 1 aliphatic rings. The lowest BCUT2D eigenvalue weighted by molar-refractivity contribution is 0.128. The van der Waals surface area contributed by atoms with E-state index in [2.05, 4.69) is 15.1 Å². The molecule has 0 fully saturated rings. The summed E-state index contributed by atoms with van der Waals surface area (Å²) in [6.45, 7) is -0.599. The predicted octanol–water partition coefficient (Wildman–Crippen LogP) is 3.71. The van der Waals surface area contributed by atoms with Gasteiger partial charge >= 0.3 is 0 Å². The zero-order chi connectivity index (χ0) is 21.8. The normalized spacial score (nSPS) is 18.2. The molecule has 5 rings (SSSR count). The second-order valence-electron chi connectivity index (χ2n) is 7.51. The summed E-state index contributed by atoms with van der Waals surface area (Å²) in [6, 6.07) is 12.7. The number of aliphatic hydroxyl groups excluding tert-OH is 1. The van der Waals surface area contributed by atoms with Crippen LogP contribution in [0.15, 0.2) is 57.9 Å². The third kappa shape index (κ3) is 2.99. The van der Waals surface area contributed by atoms with E-state index in [0.717, 1.165) is 22.2 Å². The number of alkyl halides is 1. The first-order valence-corrected chi connectivity index (χ1v) is 11.4. The second-order valence-corrected chi connectivity index (χ2v) is 10.0. The van der Waals surface area contributed by atoms with Crippen molar-refractivity contribution in [2.75, 3.05) is 0 Å². The van der Waals surface area contributed by atoms with Gasteiger partial charge in [-0.1, -0.05) is 35.0 Å². The van der Waals surface area contributed by atoms with Crippen LogP contribution in [0, 0.1) is 5.92 Å². The fourth-order valence-electron chi connectivity index (χ4n) is 4.25. The maximum Gasteiger partial charge on any atom is 0.295 e. The van der Waals surface area contributed by atoms with E-state index in [-0.39, 0.29) is 23.6 Å². The van der Waals surface area contributed by atoms with Gasteiger partial charge in [0.25, 0.3) is 10.9 Å². The Morgan fingerprint density at radius 1 is 1.23 bits per heavy atom. The van der Waals surface area contributed by atoms with E-state index >= 15 is 4.39 Å². The summed E-state index contributed by atoms with van der Waals surface area (Å²) in [4.78, 5) is 6.90. The first kappa shape index (κ1) is 20.2. The summed E-state index contributed by atoms with van der Waals surface area (Å²) < 4.78 is 48.9. The Morgan fingerprint density at radius 3 is 2.71 bits per heavy atom. The molecule has 0 aliphatic heterocycles. The number of aromatic nitrogens is 3. The van der Waals surface area contributed by atoms with Gasteiger partial charge in [0.05, 0.1) is 4.90 Å². The van der Waals surface area contributed by atoms with Gasteiger partial charge < -0.3 is 14.6 Å². The summed E-state index contributed by atoms with van der Waals surface area (Å²) in [5.74, 6) is -1.89. The molecular formula is C21H17ClFN3O4S. The lowest BCUT2D eigenvalue weighted by atomic mass is 9.98. The molecule has 4 aromatic rings. The van der Waals surface area contributed by atoms with Gasteiger partial charge in [0.1, 0.15) is 6.61 Å². The number of hydrogen-bond donors (Lipinski definition) is 2. The van der Waals surface area contributed by atoms with E-state index in [4.69, 9.17) is 16.1 Å². The highest BCUT2D eigenvalue weighted by molar-refractivity contribution is 7.92. The molecule has 160 valence electrons. The molecule has 2 N–H and O–H groups in total. The number of aliphatic hydroxyl groups is 1. The zero-order valence-corrected chi connectivity index (χ0v) is 17.6. The summed E-state index contributed by atoms with van der Waals surface area (Å²) in [5, 5.41) is 11.2. The first-order chi connectivity index (χ1) is 14.8. The van der Waals surface area contributed by atoms with E-state index in [1.165, 1.54) is 24.3 Å². The van der Waals surface area contributed by atoms with E-state index < -0.39 is 33.3 Å². The molecular weight excluding hydrogens is 445 g/mol. The summed E-state index contributed by atoms with van der Waals surface area (Å²) >= 11 is 6.13. The van der Waals surface area contributed by atoms with E-state index in [0.29, 0.717) is 5.02 Å². The van der Waals surface area contributed by atoms with Crippen LogP contribution in [0.2, 0.25) is 5.02 Å². The van der Waals surface area contributed by atoms with E-state index in [9.17, 15) is 13.5 Å². The molecule has 0 amide bonds. The van der Waals surface area contributed by atoms with Crippen LogP contribution < -0.4 is 0 Å². The molecule has 31 heavy (non-hydrogen) atoms. The fraction of sp³-hybridized carbons (Fsp3) is 0.238. The number of fused-ring (bicyclic) bond motifs is 3. The number of sulfone groups is 1. The number of H-pyrrole nitrogens is 1. The molecule has 2 aromatic heterocycles. The zero-order valence-electron chi connectivity index (χ0n) is 16.0. The predicted molar refractivity (Wildman–Crippen MR) is 111 cm³/mol. The van der Waals surface area contributed by atoms with Crippen molar-refractivity contribution in [1.82, 2.24) is 15.1 Å². The quantitative estimate of drug-likeness (QED) is 0.469. The van der Waals surface area contributed by atoms with Crippen molar-refractivity contribution in [2.45, 2.75) is 29.3 Å². The molecule has 0 bridgehead atoms. The summed E-state index contributed by atoms with van der Waals surface area (Å²) in [7, 11) is -4.57. The number of nitrogens with zero attached hydrogens (tertiary/aromatic N) is 2. The highest BCUT2D eigenvalue weighted by atomic mass is 35.5. The Labute approximate surface area is 181 Å². The van der Waals surface area contributed by atoms with Crippen molar-refractivity contribution >= 4 is 32.3 Å². The molecule has 0 spiro atoms. The van der Waals surface area contributed by atoms with Gasteiger partial charge in [-0.15, -0.1) is 0 Å². The third-order valence-electron chi connectivity index (χ3n) is 5.73. The average Bonchev–Trinajstić information content (AvgIpc) is 3.49. The monoisotopic (exact) mass is 461 g/mol. The number of rotatable bonds is 5. The lowest BCUT2D eigenvalue weighted by Gasteiger charge is -2.27. The Balaban J connectivity index is 1.65. The number of hydrogen-bond acceptors (Lipinski definition) is 6. The molecule has 7 nitrogen and oxygen atoms in total. The standard InChI is InChI=1S/C21H17ClFN3O4S/c22-13-6-7-17-16(10-13)15-8-12(9-18(15)24-17)21(23,20-25-19(11-27)26-30-20)31(28,29)14-4-2-1-3-5-14/h1-7,10,12,24,27H,8-9,11H2. The molecule has 2 unspecified atom stereocenters. The Bertz CT molecular complexity index is 1390. The molecule has 0 saturated heterocycles. The third-order valence-corrected chi connectivity index (χ3v) is 8.15. The molecule has 0 radical (unpaired) electrons. The molecule has 2 aromatic carbocycles. The SMILES string of the molecule is O=S(=O)(c1ccccc1)C(F)(c1nc(CO)no1)C1Cc2[nH]c3ccc(Cl)cc3c2C1. The molecule has 0 saturated carbocycles. The highest BCUT2D eigenvalue weighted by Gasteiger charge is 2.59. The lowest BCUT2D eigenvalue weighted by Crippen LogP contribution is -2.40. The maximum absolute atomic E-state index is 16.9. The van der Waals surface area contributed by atoms with Crippen LogP contribution >= 0.6 is 11.6 Å². The van der Waals surface area contributed by atoms with Crippen LogP contribution in [0.25, 0.3) is 10.9 Å². The van der Waals surface area contributed by atoms with Gasteiger partial charge in [-0.2, -0.15) is 4.98 Å². The Kier molecular flexibility index (Phi) is 4.65. The minimum atomic E-state index is -4.57.